The Morgan fingerprint density at radius 3 is 1.02 bits per heavy atom. The van der Waals surface area contributed by atoms with Crippen LogP contribution in [0, 0.1) is 0 Å². The number of ether oxygens (including phenoxy) is 1. The van der Waals surface area contributed by atoms with Gasteiger partial charge in [0.05, 0.1) is 41.0 Å². The van der Waals surface area contributed by atoms with Gasteiger partial charge in [-0.25, -0.2) is 4.57 Å². The quantitative estimate of drug-likeness (QED) is 0.0328. The summed E-state index contributed by atoms with van der Waals surface area (Å²) in [7, 11) is 2.16. The van der Waals surface area contributed by atoms with Crippen LogP contribution >= 0.6 is 7.82 Å². The van der Waals surface area contributed by atoms with Crippen LogP contribution in [-0.4, -0.2) is 86.4 Å². The average molecular weight is 723 g/mol. The second kappa shape index (κ2) is 36.3. The molecule has 0 saturated carbocycles. The highest BCUT2D eigenvalue weighted by Crippen LogP contribution is 2.43. The number of hydrogen-bond acceptors (Lipinski definition) is 6. The van der Waals surface area contributed by atoms with Crippen LogP contribution in [-0.2, 0) is 18.3 Å². The van der Waals surface area contributed by atoms with Crippen LogP contribution in [0.5, 0.6) is 0 Å². The zero-order chi connectivity index (χ0) is 36.2. The van der Waals surface area contributed by atoms with Gasteiger partial charge in [0.1, 0.15) is 19.3 Å². The number of rotatable bonds is 41. The molecule has 0 aromatic carbocycles. The Morgan fingerprint density at radius 2 is 0.735 bits per heavy atom. The SMILES string of the molecule is C[N+](C)(C)CCOP(=O)(O)OCCCCCCCCCCCCCCCCCCCCCCCCCCCCCCCCOC[C@@H](O)CO. The summed E-state index contributed by atoms with van der Waals surface area (Å²) >= 11 is 0. The first-order valence-corrected chi connectivity index (χ1v) is 22.4. The van der Waals surface area contributed by atoms with E-state index in [-0.39, 0.29) is 19.8 Å². The monoisotopic (exact) mass is 723 g/mol. The smallest absolute Gasteiger partial charge is 0.394 e. The van der Waals surface area contributed by atoms with Gasteiger partial charge < -0.3 is 24.3 Å². The molecule has 2 atom stereocenters. The molecule has 8 nitrogen and oxygen atoms in total. The summed E-state index contributed by atoms with van der Waals surface area (Å²) in [5, 5.41) is 18.0. The van der Waals surface area contributed by atoms with Crippen molar-refractivity contribution in [3.8, 4) is 0 Å². The maximum absolute atomic E-state index is 11.9. The van der Waals surface area contributed by atoms with E-state index >= 15 is 0 Å². The summed E-state index contributed by atoms with van der Waals surface area (Å²) in [6.07, 6.45) is 39.3. The van der Waals surface area contributed by atoms with Crippen LogP contribution in [0.3, 0.4) is 0 Å². The topological polar surface area (TPSA) is 105 Å². The maximum atomic E-state index is 11.9. The fourth-order valence-corrected chi connectivity index (χ4v) is 6.92. The molecular weight excluding hydrogens is 637 g/mol. The summed E-state index contributed by atoms with van der Waals surface area (Å²) in [5.74, 6) is 0. The molecule has 0 radical (unpaired) electrons. The highest BCUT2D eigenvalue weighted by atomic mass is 31.2. The van der Waals surface area contributed by atoms with Crippen molar-refractivity contribution in [2.24, 2.45) is 0 Å². The molecule has 0 fully saturated rings. The molecule has 0 heterocycles. The predicted octanol–water partition coefficient (Wildman–Crippen LogP) is 10.9. The van der Waals surface area contributed by atoms with Gasteiger partial charge in [0.15, 0.2) is 0 Å². The number of phosphoric acid groups is 1. The maximum Gasteiger partial charge on any atom is 0.472 e. The Kier molecular flexibility index (Phi) is 36.3. The molecule has 0 aromatic rings. The number of unbranched alkanes of at least 4 members (excludes halogenated alkanes) is 29. The Labute approximate surface area is 304 Å². The zero-order valence-corrected chi connectivity index (χ0v) is 33.8. The van der Waals surface area contributed by atoms with Crippen molar-refractivity contribution in [3.63, 3.8) is 0 Å². The Bertz CT molecular complexity index is 707. The molecule has 296 valence electrons. The average Bonchev–Trinajstić information content (AvgIpc) is 3.05. The molecule has 0 amide bonds. The number of hydrogen-bond donors (Lipinski definition) is 3. The second-order valence-electron chi connectivity index (χ2n) is 15.7. The Balaban J connectivity index is 3.16. The summed E-state index contributed by atoms with van der Waals surface area (Å²) in [5.41, 5.74) is 0. The third-order valence-corrected chi connectivity index (χ3v) is 10.5. The molecule has 9 heteroatoms. The van der Waals surface area contributed by atoms with E-state index in [1.165, 1.54) is 173 Å². The van der Waals surface area contributed by atoms with Crippen molar-refractivity contribution in [2.45, 2.75) is 199 Å². The number of aliphatic hydroxyl groups is 2. The van der Waals surface area contributed by atoms with Crippen LogP contribution in [0.1, 0.15) is 193 Å². The van der Waals surface area contributed by atoms with Crippen LogP contribution in [0.25, 0.3) is 0 Å². The van der Waals surface area contributed by atoms with Crippen LogP contribution < -0.4 is 0 Å². The third kappa shape index (κ3) is 42.3. The lowest BCUT2D eigenvalue weighted by Gasteiger charge is -2.24. The molecule has 0 aliphatic carbocycles. The van der Waals surface area contributed by atoms with Crippen molar-refractivity contribution in [1.82, 2.24) is 0 Å². The molecule has 0 spiro atoms. The zero-order valence-electron chi connectivity index (χ0n) is 32.9. The first kappa shape index (κ1) is 49.0. The molecule has 0 aliphatic heterocycles. The van der Waals surface area contributed by atoms with E-state index in [4.69, 9.17) is 18.9 Å². The van der Waals surface area contributed by atoms with E-state index in [2.05, 4.69) is 0 Å². The molecule has 0 aromatic heterocycles. The second-order valence-corrected chi connectivity index (χ2v) is 17.1. The van der Waals surface area contributed by atoms with Gasteiger partial charge >= 0.3 is 7.82 Å². The third-order valence-electron chi connectivity index (χ3n) is 9.47. The van der Waals surface area contributed by atoms with E-state index in [1.54, 1.807) is 0 Å². The van der Waals surface area contributed by atoms with Gasteiger partial charge in [-0.2, -0.15) is 0 Å². The van der Waals surface area contributed by atoms with Crippen molar-refractivity contribution >= 4 is 7.82 Å². The highest BCUT2D eigenvalue weighted by Gasteiger charge is 2.22. The lowest BCUT2D eigenvalue weighted by atomic mass is 10.0. The fourth-order valence-electron chi connectivity index (χ4n) is 6.18. The molecule has 0 aliphatic rings. The van der Waals surface area contributed by atoms with Gasteiger partial charge in [0.2, 0.25) is 0 Å². The van der Waals surface area contributed by atoms with E-state index in [1.807, 2.05) is 21.1 Å². The first-order valence-electron chi connectivity index (χ1n) is 21.0. The molecule has 49 heavy (non-hydrogen) atoms. The van der Waals surface area contributed by atoms with Crippen LogP contribution in [0.4, 0.5) is 0 Å². The lowest BCUT2D eigenvalue weighted by Crippen LogP contribution is -2.37. The number of likely N-dealkylation sites (N-methyl/N-ethyl adjacent to an activating group) is 1. The summed E-state index contributed by atoms with van der Waals surface area (Å²) in [6.45, 7) is 1.91. The normalized spacial score (nSPS) is 14.0. The standard InChI is InChI=1S/C40H84NO7P/c1-41(2,3)34-37-48-49(44,45)47-36-33-31-29-27-25-23-21-19-17-15-13-11-9-7-5-4-6-8-10-12-14-16-18-20-22-24-26-28-30-32-35-46-39-40(43)38-42/h40,42-43H,4-39H2,1-3H3/p+1/t40-/m0/s1. The van der Waals surface area contributed by atoms with Crippen molar-refractivity contribution in [1.29, 1.82) is 0 Å². The summed E-state index contributed by atoms with van der Waals surface area (Å²) in [4.78, 5) is 9.74. The van der Waals surface area contributed by atoms with E-state index in [0.717, 1.165) is 19.3 Å². The van der Waals surface area contributed by atoms with Crippen molar-refractivity contribution in [2.75, 3.05) is 60.7 Å². The number of phosphoric ester groups is 1. The van der Waals surface area contributed by atoms with Gasteiger partial charge in [-0.15, -0.1) is 0 Å². The first-order chi connectivity index (χ1) is 23.7. The molecule has 3 N–H and O–H groups in total. The lowest BCUT2D eigenvalue weighted by molar-refractivity contribution is -0.870. The largest absolute Gasteiger partial charge is 0.472 e. The number of aliphatic hydroxyl groups excluding tert-OH is 2. The van der Waals surface area contributed by atoms with E-state index in [0.29, 0.717) is 24.2 Å². The molecule has 1 unspecified atom stereocenters. The van der Waals surface area contributed by atoms with Crippen molar-refractivity contribution < 1.29 is 37.9 Å². The molecular formula is C40H85NO7P+. The minimum Gasteiger partial charge on any atom is -0.394 e. The number of quaternary nitrogens is 1. The Morgan fingerprint density at radius 1 is 0.469 bits per heavy atom. The number of nitrogens with zero attached hydrogens (tertiary/aromatic N) is 1. The van der Waals surface area contributed by atoms with Crippen LogP contribution in [0.15, 0.2) is 0 Å². The summed E-state index contributed by atoms with van der Waals surface area (Å²) in [6, 6.07) is 0. The van der Waals surface area contributed by atoms with Gasteiger partial charge in [0.25, 0.3) is 0 Å². The van der Waals surface area contributed by atoms with Gasteiger partial charge in [-0.3, -0.25) is 9.05 Å². The van der Waals surface area contributed by atoms with Gasteiger partial charge in [-0.1, -0.05) is 180 Å². The minimum absolute atomic E-state index is 0.218. The van der Waals surface area contributed by atoms with E-state index < -0.39 is 13.9 Å². The van der Waals surface area contributed by atoms with Crippen molar-refractivity contribution in [3.05, 3.63) is 0 Å². The molecule has 0 rings (SSSR count). The van der Waals surface area contributed by atoms with Gasteiger partial charge in [-0.05, 0) is 12.8 Å². The summed E-state index contributed by atoms with van der Waals surface area (Å²) < 4.78 is 28.1. The molecule has 0 bridgehead atoms. The fraction of sp³-hybridized carbons (Fsp3) is 1.00. The predicted molar refractivity (Wildman–Crippen MR) is 207 cm³/mol. The minimum atomic E-state index is -3.90. The Hall–Kier alpha value is -0.0500. The van der Waals surface area contributed by atoms with Crippen LogP contribution in [0.2, 0.25) is 0 Å². The van der Waals surface area contributed by atoms with E-state index in [9.17, 15) is 14.6 Å². The highest BCUT2D eigenvalue weighted by molar-refractivity contribution is 7.47. The van der Waals surface area contributed by atoms with Gasteiger partial charge in [0, 0.05) is 6.61 Å². The molecule has 0 saturated heterocycles.